The Kier molecular flexibility index (Phi) is 3.76. The van der Waals surface area contributed by atoms with Crippen molar-refractivity contribution < 1.29 is 0 Å². The van der Waals surface area contributed by atoms with Gasteiger partial charge in [0.15, 0.2) is 0 Å². The lowest BCUT2D eigenvalue weighted by molar-refractivity contribution is 0.269. The first-order chi connectivity index (χ1) is 9.61. The predicted molar refractivity (Wildman–Crippen MR) is 86.5 cm³/mol. The van der Waals surface area contributed by atoms with Gasteiger partial charge in [-0.3, -0.25) is 0 Å². The van der Waals surface area contributed by atoms with Crippen molar-refractivity contribution in [3.8, 4) is 0 Å². The van der Waals surface area contributed by atoms with Crippen LogP contribution in [0.5, 0.6) is 0 Å². The number of hydrogen-bond donors (Lipinski definition) is 1. The summed E-state index contributed by atoms with van der Waals surface area (Å²) in [6, 6.07) is 7.16. The highest BCUT2D eigenvalue weighted by molar-refractivity contribution is 5.56. The van der Waals surface area contributed by atoms with E-state index in [1.807, 2.05) is 0 Å². The first-order valence-corrected chi connectivity index (χ1v) is 8.19. The number of anilines is 1. The first kappa shape index (κ1) is 13.9. The van der Waals surface area contributed by atoms with Gasteiger partial charge in [-0.2, -0.15) is 0 Å². The summed E-state index contributed by atoms with van der Waals surface area (Å²) in [5.41, 5.74) is 4.84. The molecule has 2 aliphatic rings. The minimum atomic E-state index is 0.328. The molecule has 1 atom stereocenters. The van der Waals surface area contributed by atoms with Crippen LogP contribution in [0.2, 0.25) is 0 Å². The highest BCUT2D eigenvalue weighted by atomic mass is 15.1. The zero-order valence-electron chi connectivity index (χ0n) is 13.2. The van der Waals surface area contributed by atoms with Crippen LogP contribution >= 0.6 is 0 Å². The van der Waals surface area contributed by atoms with Gasteiger partial charge in [-0.25, -0.2) is 0 Å². The molecule has 2 aliphatic heterocycles. The third-order valence-electron chi connectivity index (χ3n) is 5.40. The van der Waals surface area contributed by atoms with E-state index in [0.29, 0.717) is 11.5 Å². The maximum atomic E-state index is 3.80. The Morgan fingerprint density at radius 2 is 2.15 bits per heavy atom. The Morgan fingerprint density at radius 1 is 1.30 bits per heavy atom. The molecule has 1 N–H and O–H groups in total. The standard InChI is InChI=1S/C18H28N2/c1-14(2)18(9-5-10-19-18)13-15-7-8-17-16(12-15)6-4-11-20(17)3/h7-8,12,14,19H,4-6,9-11,13H2,1-3H3. The van der Waals surface area contributed by atoms with Crippen molar-refractivity contribution >= 4 is 5.69 Å². The number of hydrogen-bond acceptors (Lipinski definition) is 2. The summed E-state index contributed by atoms with van der Waals surface area (Å²) >= 11 is 0. The maximum absolute atomic E-state index is 3.80. The molecule has 110 valence electrons. The van der Waals surface area contributed by atoms with Gasteiger partial charge in [0, 0.05) is 24.8 Å². The van der Waals surface area contributed by atoms with Gasteiger partial charge >= 0.3 is 0 Å². The molecule has 20 heavy (non-hydrogen) atoms. The Balaban J connectivity index is 1.84. The second-order valence-electron chi connectivity index (χ2n) is 7.01. The van der Waals surface area contributed by atoms with E-state index in [9.17, 15) is 0 Å². The lowest BCUT2D eigenvalue weighted by atomic mass is 9.79. The molecular weight excluding hydrogens is 244 g/mol. The van der Waals surface area contributed by atoms with Gasteiger partial charge < -0.3 is 10.2 Å². The maximum Gasteiger partial charge on any atom is 0.0396 e. The minimum Gasteiger partial charge on any atom is -0.374 e. The van der Waals surface area contributed by atoms with Crippen LogP contribution in [-0.2, 0) is 12.8 Å². The molecular formula is C18H28N2. The summed E-state index contributed by atoms with van der Waals surface area (Å²) in [5.74, 6) is 0.698. The van der Waals surface area contributed by atoms with Crippen molar-refractivity contribution in [3.05, 3.63) is 29.3 Å². The monoisotopic (exact) mass is 272 g/mol. The van der Waals surface area contributed by atoms with Crippen LogP contribution in [0.15, 0.2) is 18.2 Å². The van der Waals surface area contributed by atoms with Crippen LogP contribution in [0.1, 0.15) is 44.2 Å². The highest BCUT2D eigenvalue weighted by Crippen LogP contribution is 2.33. The summed E-state index contributed by atoms with van der Waals surface area (Å²) in [7, 11) is 2.21. The third kappa shape index (κ3) is 2.46. The van der Waals surface area contributed by atoms with Gasteiger partial charge in [-0.05, 0) is 61.8 Å². The Morgan fingerprint density at radius 3 is 2.85 bits per heavy atom. The van der Waals surface area contributed by atoms with E-state index < -0.39 is 0 Å². The minimum absolute atomic E-state index is 0.328. The molecule has 2 nitrogen and oxygen atoms in total. The molecule has 0 bridgehead atoms. The second kappa shape index (κ2) is 5.40. The quantitative estimate of drug-likeness (QED) is 0.907. The molecule has 2 heteroatoms. The summed E-state index contributed by atoms with van der Waals surface area (Å²) in [6.07, 6.45) is 6.37. The predicted octanol–water partition coefficient (Wildman–Crippen LogP) is 3.39. The molecule has 0 aromatic heterocycles. The van der Waals surface area contributed by atoms with E-state index in [1.165, 1.54) is 56.4 Å². The molecule has 3 rings (SSSR count). The molecule has 1 unspecified atom stereocenters. The number of fused-ring (bicyclic) bond motifs is 1. The van der Waals surface area contributed by atoms with Gasteiger partial charge in [0.1, 0.15) is 0 Å². The van der Waals surface area contributed by atoms with E-state index in [1.54, 1.807) is 5.56 Å². The lowest BCUT2D eigenvalue weighted by Gasteiger charge is -2.35. The fourth-order valence-corrected chi connectivity index (χ4v) is 3.99. The van der Waals surface area contributed by atoms with Crippen LogP contribution in [0.4, 0.5) is 5.69 Å². The molecule has 0 amide bonds. The van der Waals surface area contributed by atoms with Crippen molar-refractivity contribution in [2.75, 3.05) is 25.0 Å². The number of benzene rings is 1. The van der Waals surface area contributed by atoms with E-state index in [-0.39, 0.29) is 0 Å². The number of nitrogens with one attached hydrogen (secondary N) is 1. The normalized spacial score (nSPS) is 26.1. The average molecular weight is 272 g/mol. The molecule has 1 aromatic rings. The summed E-state index contributed by atoms with van der Waals surface area (Å²) < 4.78 is 0. The van der Waals surface area contributed by atoms with E-state index in [4.69, 9.17) is 0 Å². The van der Waals surface area contributed by atoms with Crippen molar-refractivity contribution in [2.24, 2.45) is 5.92 Å². The van der Waals surface area contributed by atoms with Gasteiger partial charge in [-0.1, -0.05) is 26.0 Å². The van der Waals surface area contributed by atoms with E-state index >= 15 is 0 Å². The molecule has 0 radical (unpaired) electrons. The zero-order valence-corrected chi connectivity index (χ0v) is 13.2. The number of aryl methyl sites for hydroxylation is 1. The molecule has 0 spiro atoms. The fourth-order valence-electron chi connectivity index (χ4n) is 3.99. The SMILES string of the molecule is CC(C)C1(Cc2ccc3c(c2)CCCN3C)CCCN1. The van der Waals surface area contributed by atoms with E-state index in [0.717, 1.165) is 0 Å². The summed E-state index contributed by atoms with van der Waals surface area (Å²) in [5, 5.41) is 3.80. The topological polar surface area (TPSA) is 15.3 Å². The molecule has 1 aromatic carbocycles. The summed E-state index contributed by atoms with van der Waals surface area (Å²) in [6.45, 7) is 7.12. The lowest BCUT2D eigenvalue weighted by Crippen LogP contribution is -2.46. The molecule has 1 fully saturated rings. The smallest absolute Gasteiger partial charge is 0.0396 e. The zero-order chi connectivity index (χ0) is 14.2. The van der Waals surface area contributed by atoms with E-state index in [2.05, 4.69) is 49.3 Å². The molecule has 0 saturated carbocycles. The van der Waals surface area contributed by atoms with Crippen LogP contribution in [-0.4, -0.2) is 25.7 Å². The fraction of sp³-hybridized carbons (Fsp3) is 0.667. The second-order valence-corrected chi connectivity index (χ2v) is 7.01. The Hall–Kier alpha value is -1.02. The average Bonchev–Trinajstić information content (AvgIpc) is 2.89. The van der Waals surface area contributed by atoms with Gasteiger partial charge in [0.25, 0.3) is 0 Å². The van der Waals surface area contributed by atoms with Crippen LogP contribution in [0.3, 0.4) is 0 Å². The van der Waals surface area contributed by atoms with Crippen molar-refractivity contribution in [1.82, 2.24) is 5.32 Å². The largest absolute Gasteiger partial charge is 0.374 e. The summed E-state index contributed by atoms with van der Waals surface area (Å²) in [4.78, 5) is 2.40. The van der Waals surface area contributed by atoms with Gasteiger partial charge in [0.2, 0.25) is 0 Å². The Bertz CT molecular complexity index is 472. The van der Waals surface area contributed by atoms with Crippen molar-refractivity contribution in [3.63, 3.8) is 0 Å². The first-order valence-electron chi connectivity index (χ1n) is 8.19. The third-order valence-corrected chi connectivity index (χ3v) is 5.40. The van der Waals surface area contributed by atoms with Crippen LogP contribution in [0.25, 0.3) is 0 Å². The van der Waals surface area contributed by atoms with Crippen LogP contribution in [0, 0.1) is 5.92 Å². The van der Waals surface area contributed by atoms with Gasteiger partial charge in [0.05, 0.1) is 0 Å². The molecule has 2 heterocycles. The molecule has 0 aliphatic carbocycles. The van der Waals surface area contributed by atoms with Crippen molar-refractivity contribution in [2.45, 2.75) is 51.5 Å². The van der Waals surface area contributed by atoms with Crippen molar-refractivity contribution in [1.29, 1.82) is 0 Å². The van der Waals surface area contributed by atoms with Gasteiger partial charge in [-0.15, -0.1) is 0 Å². The highest BCUT2D eigenvalue weighted by Gasteiger charge is 2.36. The number of nitrogens with zero attached hydrogens (tertiary/aromatic N) is 1. The molecule has 1 saturated heterocycles. The Labute approximate surface area is 123 Å². The number of rotatable bonds is 3. The van der Waals surface area contributed by atoms with Crippen LogP contribution < -0.4 is 10.2 Å².